The third kappa shape index (κ3) is 4.47. The second-order valence-electron chi connectivity index (χ2n) is 6.02. The minimum absolute atomic E-state index is 0.112. The molecule has 3 rings (SSSR count). The quantitative estimate of drug-likeness (QED) is 0.818. The highest BCUT2D eigenvalue weighted by Gasteiger charge is 2.30. The SMILES string of the molecule is O=C(NCCc1ccccc1)Nc1ccc(Cl)c(N2CCCS2(=O)=O)c1. The molecule has 26 heavy (non-hydrogen) atoms. The number of amides is 2. The summed E-state index contributed by atoms with van der Waals surface area (Å²) >= 11 is 6.16. The first kappa shape index (κ1) is 18.5. The van der Waals surface area contributed by atoms with Crippen LogP contribution in [0.4, 0.5) is 16.2 Å². The van der Waals surface area contributed by atoms with Crippen LogP contribution in [0.1, 0.15) is 12.0 Å². The molecule has 1 aliphatic rings. The molecule has 0 radical (unpaired) electrons. The van der Waals surface area contributed by atoms with Gasteiger partial charge in [0, 0.05) is 18.8 Å². The number of urea groups is 1. The summed E-state index contributed by atoms with van der Waals surface area (Å²) in [4.78, 5) is 12.1. The maximum atomic E-state index is 12.1. The Balaban J connectivity index is 1.61. The van der Waals surface area contributed by atoms with E-state index in [1.54, 1.807) is 18.2 Å². The molecule has 6 nitrogen and oxygen atoms in total. The molecule has 1 saturated heterocycles. The van der Waals surface area contributed by atoms with Gasteiger partial charge in [-0.15, -0.1) is 0 Å². The molecule has 2 N–H and O–H groups in total. The summed E-state index contributed by atoms with van der Waals surface area (Å²) in [6, 6.07) is 14.3. The lowest BCUT2D eigenvalue weighted by atomic mass is 10.1. The van der Waals surface area contributed by atoms with E-state index in [9.17, 15) is 13.2 Å². The predicted molar refractivity (Wildman–Crippen MR) is 104 cm³/mol. The number of carbonyl (C=O) groups is 1. The Kier molecular flexibility index (Phi) is 5.68. The van der Waals surface area contributed by atoms with Gasteiger partial charge >= 0.3 is 6.03 Å². The summed E-state index contributed by atoms with van der Waals surface area (Å²) in [6.45, 7) is 0.894. The molecule has 2 amide bonds. The first-order chi connectivity index (χ1) is 12.5. The number of carbonyl (C=O) groups excluding carboxylic acids is 1. The van der Waals surface area contributed by atoms with E-state index in [2.05, 4.69) is 10.6 Å². The number of hydrogen-bond acceptors (Lipinski definition) is 3. The summed E-state index contributed by atoms with van der Waals surface area (Å²) in [7, 11) is -3.33. The van der Waals surface area contributed by atoms with Gasteiger partial charge in [-0.25, -0.2) is 13.2 Å². The third-order valence-electron chi connectivity index (χ3n) is 4.11. The number of halogens is 1. The van der Waals surface area contributed by atoms with Gasteiger partial charge in [0.15, 0.2) is 0 Å². The highest BCUT2D eigenvalue weighted by molar-refractivity contribution is 7.93. The van der Waals surface area contributed by atoms with Gasteiger partial charge in [0.1, 0.15) is 0 Å². The third-order valence-corrected chi connectivity index (χ3v) is 6.29. The van der Waals surface area contributed by atoms with Crippen LogP contribution in [0, 0.1) is 0 Å². The number of hydrogen-bond donors (Lipinski definition) is 2. The van der Waals surface area contributed by atoms with Crippen LogP contribution in [0.25, 0.3) is 0 Å². The molecule has 0 aliphatic carbocycles. The van der Waals surface area contributed by atoms with Gasteiger partial charge in [-0.1, -0.05) is 41.9 Å². The van der Waals surface area contributed by atoms with Gasteiger partial charge in [0.25, 0.3) is 0 Å². The molecule has 2 aromatic rings. The Morgan fingerprint density at radius 2 is 1.92 bits per heavy atom. The van der Waals surface area contributed by atoms with Crippen LogP contribution in [0.5, 0.6) is 0 Å². The highest BCUT2D eigenvalue weighted by Crippen LogP contribution is 2.33. The van der Waals surface area contributed by atoms with E-state index < -0.39 is 10.0 Å². The fourth-order valence-corrected chi connectivity index (χ4v) is 4.67. The van der Waals surface area contributed by atoms with Gasteiger partial charge in [0.2, 0.25) is 10.0 Å². The summed E-state index contributed by atoms with van der Waals surface area (Å²) in [5.41, 5.74) is 2.02. The second-order valence-corrected chi connectivity index (χ2v) is 8.44. The van der Waals surface area contributed by atoms with Crippen molar-refractivity contribution in [2.75, 3.05) is 28.5 Å². The summed E-state index contributed by atoms with van der Waals surface area (Å²) < 4.78 is 25.5. The molecule has 0 aromatic heterocycles. The number of sulfonamides is 1. The Morgan fingerprint density at radius 3 is 2.62 bits per heavy atom. The molecular formula is C18H20ClN3O3S. The first-order valence-electron chi connectivity index (χ1n) is 8.34. The molecule has 0 saturated carbocycles. The van der Waals surface area contributed by atoms with Gasteiger partial charge in [-0.05, 0) is 36.6 Å². The number of nitrogens with zero attached hydrogens (tertiary/aromatic N) is 1. The zero-order valence-electron chi connectivity index (χ0n) is 14.1. The largest absolute Gasteiger partial charge is 0.338 e. The van der Waals surface area contributed by atoms with Crippen LogP contribution in [0.2, 0.25) is 5.02 Å². The van der Waals surface area contributed by atoms with E-state index in [0.29, 0.717) is 35.9 Å². The number of rotatable bonds is 5. The van der Waals surface area contributed by atoms with Gasteiger partial charge in [0.05, 0.1) is 16.5 Å². The minimum atomic E-state index is -3.33. The molecule has 1 heterocycles. The van der Waals surface area contributed by atoms with Crippen molar-refractivity contribution in [3.63, 3.8) is 0 Å². The summed E-state index contributed by atoms with van der Waals surface area (Å²) in [5.74, 6) is 0.112. The van der Waals surface area contributed by atoms with Crippen molar-refractivity contribution in [2.45, 2.75) is 12.8 Å². The van der Waals surface area contributed by atoms with Crippen LogP contribution in [0.3, 0.4) is 0 Å². The van der Waals surface area contributed by atoms with Crippen LogP contribution in [0.15, 0.2) is 48.5 Å². The van der Waals surface area contributed by atoms with Crippen molar-refractivity contribution in [2.24, 2.45) is 0 Å². The lowest BCUT2D eigenvalue weighted by Gasteiger charge is -2.19. The second kappa shape index (κ2) is 7.97. The van der Waals surface area contributed by atoms with E-state index in [-0.39, 0.29) is 11.8 Å². The van der Waals surface area contributed by atoms with Gasteiger partial charge in [-0.2, -0.15) is 0 Å². The molecule has 0 bridgehead atoms. The maximum Gasteiger partial charge on any atom is 0.319 e. The smallest absolute Gasteiger partial charge is 0.319 e. The van der Waals surface area contributed by atoms with E-state index in [4.69, 9.17) is 11.6 Å². The Labute approximate surface area is 158 Å². The van der Waals surface area contributed by atoms with E-state index in [1.165, 1.54) is 4.31 Å². The molecule has 0 atom stereocenters. The van der Waals surface area contributed by atoms with E-state index in [0.717, 1.165) is 12.0 Å². The normalized spacial score (nSPS) is 15.7. The van der Waals surface area contributed by atoms with Crippen molar-refractivity contribution in [1.29, 1.82) is 0 Å². The average molecular weight is 394 g/mol. The zero-order valence-corrected chi connectivity index (χ0v) is 15.7. The number of nitrogens with one attached hydrogen (secondary N) is 2. The van der Waals surface area contributed by atoms with E-state index >= 15 is 0 Å². The Bertz CT molecular complexity index is 888. The van der Waals surface area contributed by atoms with Crippen molar-refractivity contribution in [1.82, 2.24) is 5.32 Å². The lowest BCUT2D eigenvalue weighted by Crippen LogP contribution is -2.30. The predicted octanol–water partition coefficient (Wildman–Crippen LogP) is 3.24. The molecule has 1 aliphatic heterocycles. The number of anilines is 2. The van der Waals surface area contributed by atoms with Crippen LogP contribution >= 0.6 is 11.6 Å². The summed E-state index contributed by atoms with van der Waals surface area (Å²) in [6.07, 6.45) is 1.29. The van der Waals surface area contributed by atoms with E-state index in [1.807, 2.05) is 30.3 Å². The molecule has 0 unspecified atom stereocenters. The van der Waals surface area contributed by atoms with Gasteiger partial charge in [-0.3, -0.25) is 4.31 Å². The monoisotopic (exact) mass is 393 g/mol. The van der Waals surface area contributed by atoms with Gasteiger partial charge < -0.3 is 10.6 Å². The maximum absolute atomic E-state index is 12.1. The topological polar surface area (TPSA) is 78.5 Å². The summed E-state index contributed by atoms with van der Waals surface area (Å²) in [5, 5.41) is 5.84. The molecule has 8 heteroatoms. The van der Waals surface area contributed by atoms with Crippen molar-refractivity contribution < 1.29 is 13.2 Å². The first-order valence-corrected chi connectivity index (χ1v) is 10.3. The Morgan fingerprint density at radius 1 is 1.15 bits per heavy atom. The Hall–Kier alpha value is -2.25. The number of benzene rings is 2. The molecule has 2 aromatic carbocycles. The lowest BCUT2D eigenvalue weighted by molar-refractivity contribution is 0.252. The van der Waals surface area contributed by atoms with Crippen LogP contribution in [-0.2, 0) is 16.4 Å². The fourth-order valence-electron chi connectivity index (χ4n) is 2.83. The van der Waals surface area contributed by atoms with Crippen molar-refractivity contribution >= 4 is 39.0 Å². The molecule has 138 valence electrons. The van der Waals surface area contributed by atoms with Crippen molar-refractivity contribution in [3.05, 3.63) is 59.1 Å². The standard InChI is InChI=1S/C18H20ClN3O3S/c19-16-8-7-15(13-17(16)22-11-4-12-26(22,24)25)21-18(23)20-10-9-14-5-2-1-3-6-14/h1-3,5-8,13H,4,9-12H2,(H2,20,21,23). The molecule has 1 fully saturated rings. The molecule has 0 spiro atoms. The fraction of sp³-hybridized carbons (Fsp3) is 0.278. The minimum Gasteiger partial charge on any atom is -0.338 e. The van der Waals surface area contributed by atoms with Crippen LogP contribution in [-0.4, -0.2) is 33.3 Å². The van der Waals surface area contributed by atoms with Crippen molar-refractivity contribution in [3.8, 4) is 0 Å². The highest BCUT2D eigenvalue weighted by atomic mass is 35.5. The average Bonchev–Trinajstić information content (AvgIpc) is 2.96. The molecular weight excluding hydrogens is 374 g/mol. The van der Waals surface area contributed by atoms with Crippen LogP contribution < -0.4 is 14.9 Å². The zero-order chi connectivity index (χ0) is 18.6.